The third-order valence-electron chi connectivity index (χ3n) is 5.95. The number of morpholine rings is 1. The number of nitrogens with zero attached hydrogens (tertiary/aromatic N) is 2. The van der Waals surface area contributed by atoms with Gasteiger partial charge in [0.2, 0.25) is 5.91 Å². The average Bonchev–Trinajstić information content (AvgIpc) is 3.08. The van der Waals surface area contributed by atoms with Crippen molar-refractivity contribution in [2.24, 2.45) is 5.92 Å². The van der Waals surface area contributed by atoms with Crippen LogP contribution in [0.4, 0.5) is 0 Å². The van der Waals surface area contributed by atoms with E-state index in [1.54, 1.807) is 29.3 Å². The van der Waals surface area contributed by atoms with Gasteiger partial charge in [0.1, 0.15) is 6.04 Å². The van der Waals surface area contributed by atoms with Gasteiger partial charge in [-0.05, 0) is 37.3 Å². The number of rotatable bonds is 11. The smallest absolute Gasteiger partial charge is 0.261 e. The number of amides is 4. The predicted molar refractivity (Wildman–Crippen MR) is 135 cm³/mol. The summed E-state index contributed by atoms with van der Waals surface area (Å²) in [5.74, 6) is -1.28. The number of imide groups is 1. The summed E-state index contributed by atoms with van der Waals surface area (Å²) in [6.07, 6.45) is 1.05. The summed E-state index contributed by atoms with van der Waals surface area (Å²) in [5.41, 5.74) is 3.60. The van der Waals surface area contributed by atoms with Crippen LogP contribution in [0.25, 0.3) is 0 Å². The minimum Gasteiger partial charge on any atom is -0.379 e. The van der Waals surface area contributed by atoms with Crippen LogP contribution in [0, 0.1) is 5.92 Å². The SMILES string of the molecule is CC(=O)SC(CCCN1C(=O)c2ccccc2C1=O)C(=O)N[C@@H](CC(C)C)C(=O)NN1CCOCC1. The minimum absolute atomic E-state index is 0.140. The van der Waals surface area contributed by atoms with Crippen molar-refractivity contribution in [3.05, 3.63) is 35.4 Å². The zero-order valence-electron chi connectivity index (χ0n) is 21.0. The monoisotopic (exact) mass is 518 g/mol. The molecule has 10 nitrogen and oxygen atoms in total. The molecule has 0 bridgehead atoms. The molecule has 0 saturated carbocycles. The second-order valence-electron chi connectivity index (χ2n) is 9.31. The van der Waals surface area contributed by atoms with Crippen molar-refractivity contribution >= 4 is 40.5 Å². The summed E-state index contributed by atoms with van der Waals surface area (Å²) in [4.78, 5) is 64.3. The van der Waals surface area contributed by atoms with Crippen LogP contribution in [0.1, 0.15) is 60.7 Å². The fraction of sp³-hybridized carbons (Fsp3) is 0.560. The summed E-state index contributed by atoms with van der Waals surface area (Å²) < 4.78 is 5.30. The summed E-state index contributed by atoms with van der Waals surface area (Å²) in [6, 6.07) is 5.90. The molecule has 1 fully saturated rings. The van der Waals surface area contributed by atoms with E-state index in [-0.39, 0.29) is 41.7 Å². The van der Waals surface area contributed by atoms with Gasteiger partial charge in [-0.15, -0.1) is 0 Å². The number of fused-ring (bicyclic) bond motifs is 1. The van der Waals surface area contributed by atoms with E-state index in [1.807, 2.05) is 13.8 Å². The standard InChI is InChI=1S/C25H34N4O6S/c1-16(2)15-20(22(31)27-28-11-13-35-14-12-28)26-23(32)21(36-17(3)30)9-6-10-29-24(33)18-7-4-5-8-19(18)25(29)34/h4-5,7-8,16,20-21H,6,9-15H2,1-3H3,(H,26,32)(H,27,31)/t20-,21?/m0/s1. The van der Waals surface area contributed by atoms with Gasteiger partial charge in [0.25, 0.3) is 17.7 Å². The molecule has 196 valence electrons. The largest absolute Gasteiger partial charge is 0.379 e. The Morgan fingerprint density at radius 3 is 2.19 bits per heavy atom. The number of nitrogens with one attached hydrogen (secondary N) is 2. The van der Waals surface area contributed by atoms with E-state index in [9.17, 15) is 24.0 Å². The van der Waals surface area contributed by atoms with E-state index in [4.69, 9.17) is 4.74 Å². The molecule has 0 aromatic heterocycles. The van der Waals surface area contributed by atoms with E-state index in [1.165, 1.54) is 11.8 Å². The van der Waals surface area contributed by atoms with Gasteiger partial charge in [0.15, 0.2) is 5.12 Å². The van der Waals surface area contributed by atoms with E-state index in [0.717, 1.165) is 11.8 Å². The Balaban J connectivity index is 1.60. The van der Waals surface area contributed by atoms with Gasteiger partial charge < -0.3 is 10.1 Å². The first-order chi connectivity index (χ1) is 17.2. The van der Waals surface area contributed by atoms with E-state index in [2.05, 4.69) is 10.7 Å². The van der Waals surface area contributed by atoms with Crippen LogP contribution in [0.5, 0.6) is 0 Å². The van der Waals surface area contributed by atoms with Crippen LogP contribution < -0.4 is 10.7 Å². The van der Waals surface area contributed by atoms with Crippen LogP contribution in [-0.4, -0.2) is 82.8 Å². The molecule has 0 radical (unpaired) electrons. The number of hydrogen-bond donors (Lipinski definition) is 2. The van der Waals surface area contributed by atoms with Crippen molar-refractivity contribution in [3.8, 4) is 0 Å². The molecule has 1 unspecified atom stereocenters. The normalized spacial score (nSPS) is 17.6. The van der Waals surface area contributed by atoms with Crippen molar-refractivity contribution < 1.29 is 28.7 Å². The molecule has 2 atom stereocenters. The molecular weight excluding hydrogens is 484 g/mol. The van der Waals surface area contributed by atoms with Crippen LogP contribution in [0.15, 0.2) is 24.3 Å². The lowest BCUT2D eigenvalue weighted by Gasteiger charge is -2.30. The molecule has 4 amide bonds. The lowest BCUT2D eigenvalue weighted by atomic mass is 10.0. The zero-order valence-corrected chi connectivity index (χ0v) is 21.8. The number of ether oxygens (including phenoxy) is 1. The van der Waals surface area contributed by atoms with Crippen LogP contribution >= 0.6 is 11.8 Å². The topological polar surface area (TPSA) is 125 Å². The van der Waals surface area contributed by atoms with Crippen molar-refractivity contribution in [1.29, 1.82) is 0 Å². The Morgan fingerprint density at radius 2 is 1.64 bits per heavy atom. The predicted octanol–water partition coefficient (Wildman–Crippen LogP) is 1.61. The highest BCUT2D eigenvalue weighted by molar-refractivity contribution is 8.14. The molecule has 2 N–H and O–H groups in total. The maximum absolute atomic E-state index is 13.2. The van der Waals surface area contributed by atoms with Crippen molar-refractivity contribution in [1.82, 2.24) is 20.7 Å². The highest BCUT2D eigenvalue weighted by atomic mass is 32.2. The van der Waals surface area contributed by atoms with Crippen molar-refractivity contribution in [3.63, 3.8) is 0 Å². The third kappa shape index (κ3) is 7.37. The maximum atomic E-state index is 13.2. The molecule has 1 saturated heterocycles. The highest BCUT2D eigenvalue weighted by Gasteiger charge is 2.35. The van der Waals surface area contributed by atoms with Crippen LogP contribution in [-0.2, 0) is 19.1 Å². The number of thioether (sulfide) groups is 1. The third-order valence-corrected chi connectivity index (χ3v) is 7.01. The molecule has 3 rings (SSSR count). The minimum atomic E-state index is -0.758. The summed E-state index contributed by atoms with van der Waals surface area (Å²) in [7, 11) is 0. The number of hydrazine groups is 1. The van der Waals surface area contributed by atoms with E-state index >= 15 is 0 Å². The second kappa shape index (κ2) is 13.0. The van der Waals surface area contributed by atoms with Gasteiger partial charge in [-0.3, -0.25) is 34.3 Å². The maximum Gasteiger partial charge on any atom is 0.261 e. The Labute approximate surface area is 215 Å². The second-order valence-corrected chi connectivity index (χ2v) is 10.7. The van der Waals surface area contributed by atoms with Gasteiger partial charge in [-0.1, -0.05) is 37.7 Å². The molecule has 11 heteroatoms. The molecule has 0 aliphatic carbocycles. The highest BCUT2D eigenvalue weighted by Crippen LogP contribution is 2.24. The van der Waals surface area contributed by atoms with Crippen molar-refractivity contribution in [2.75, 3.05) is 32.8 Å². The van der Waals surface area contributed by atoms with Gasteiger partial charge in [0.05, 0.1) is 29.6 Å². The van der Waals surface area contributed by atoms with Gasteiger partial charge >= 0.3 is 0 Å². The Bertz CT molecular complexity index is 960. The lowest BCUT2D eigenvalue weighted by molar-refractivity contribution is -0.134. The molecule has 1 aromatic rings. The Kier molecular flexibility index (Phi) is 10.0. The zero-order chi connectivity index (χ0) is 26.2. The molecule has 2 heterocycles. The number of hydrogen-bond acceptors (Lipinski definition) is 8. The fourth-order valence-corrected chi connectivity index (χ4v) is 5.06. The Morgan fingerprint density at radius 1 is 1.03 bits per heavy atom. The number of carbonyl (C=O) groups excluding carboxylic acids is 5. The Hall–Kier alpha value is -2.76. The number of carbonyl (C=O) groups is 5. The summed E-state index contributed by atoms with van der Waals surface area (Å²) in [6.45, 7) is 7.62. The first-order valence-electron chi connectivity index (χ1n) is 12.2. The van der Waals surface area contributed by atoms with E-state index < -0.39 is 17.2 Å². The molecule has 2 aliphatic rings. The average molecular weight is 519 g/mol. The van der Waals surface area contributed by atoms with Gasteiger partial charge in [0, 0.05) is 26.6 Å². The van der Waals surface area contributed by atoms with Gasteiger partial charge in [-0.25, -0.2) is 5.01 Å². The van der Waals surface area contributed by atoms with Crippen LogP contribution in [0.2, 0.25) is 0 Å². The summed E-state index contributed by atoms with van der Waals surface area (Å²) in [5, 5.41) is 3.62. The summed E-state index contributed by atoms with van der Waals surface area (Å²) >= 11 is 0.889. The van der Waals surface area contributed by atoms with Gasteiger partial charge in [-0.2, -0.15) is 0 Å². The van der Waals surface area contributed by atoms with Crippen molar-refractivity contribution in [2.45, 2.75) is 51.3 Å². The van der Waals surface area contributed by atoms with Crippen LogP contribution in [0.3, 0.4) is 0 Å². The lowest BCUT2D eigenvalue weighted by Crippen LogP contribution is -2.56. The molecule has 0 spiro atoms. The first kappa shape index (κ1) is 27.8. The van der Waals surface area contributed by atoms with E-state index in [0.29, 0.717) is 50.3 Å². The quantitative estimate of drug-likeness (QED) is 0.423. The molecule has 1 aromatic carbocycles. The fourth-order valence-electron chi connectivity index (χ4n) is 4.20. The number of benzene rings is 1. The molecular formula is C25H34N4O6S. The first-order valence-corrected chi connectivity index (χ1v) is 13.1. The molecule has 2 aliphatic heterocycles. The molecule has 36 heavy (non-hydrogen) atoms.